The summed E-state index contributed by atoms with van der Waals surface area (Å²) in [5.41, 5.74) is 0. The van der Waals surface area contributed by atoms with Gasteiger partial charge in [0.15, 0.2) is 0 Å². The second kappa shape index (κ2) is 6.53. The first-order valence-electron chi connectivity index (χ1n) is 1.88. The minimum absolute atomic E-state index is 0.00263. The second-order valence-electron chi connectivity index (χ2n) is 0.796. The molecule has 0 heterocycles. The van der Waals surface area contributed by atoms with E-state index in [4.69, 9.17) is 0 Å². The van der Waals surface area contributed by atoms with Gasteiger partial charge in [0.05, 0.1) is 23.2 Å². The van der Waals surface area contributed by atoms with Crippen molar-refractivity contribution in [2.24, 2.45) is 0 Å². The minimum Gasteiger partial charge on any atom is -0.458 e. The van der Waals surface area contributed by atoms with Crippen LogP contribution in [0, 0.1) is 0 Å². The van der Waals surface area contributed by atoms with E-state index in [9.17, 15) is 4.79 Å². The molecule has 50 valence electrons. The van der Waals surface area contributed by atoms with Crippen LogP contribution in [0.1, 0.15) is 6.92 Å². The molecule has 0 aliphatic carbocycles. The van der Waals surface area contributed by atoms with Gasteiger partial charge in [-0.15, -0.1) is 0 Å². The third-order valence-corrected chi connectivity index (χ3v) is 9.51. The molecule has 0 aromatic carbocycles. The Kier molecular flexibility index (Phi) is 7.68. The SMILES string of the molecule is CCOC(=O)I=IBr. The first-order valence-corrected chi connectivity index (χ1v) is 14.1. The highest BCUT2D eigenvalue weighted by atomic mass is 128. The van der Waals surface area contributed by atoms with Crippen molar-refractivity contribution in [3.05, 3.63) is 0 Å². The fourth-order valence-electron chi connectivity index (χ4n) is 0.156. The molecule has 0 bridgehead atoms. The third kappa shape index (κ3) is 5.54. The molecule has 0 atom stereocenters. The first-order chi connectivity index (χ1) is 3.81. The van der Waals surface area contributed by atoms with Gasteiger partial charge in [-0.2, -0.15) is 0 Å². The predicted molar refractivity (Wildman–Crippen MR) is 54.0 cm³/mol. The summed E-state index contributed by atoms with van der Waals surface area (Å²) in [6, 6.07) is 0. The van der Waals surface area contributed by atoms with Crippen molar-refractivity contribution in [2.45, 2.75) is 6.92 Å². The largest absolute Gasteiger partial charge is 0.458 e. The quantitative estimate of drug-likeness (QED) is 0.519. The lowest BCUT2D eigenvalue weighted by Crippen LogP contribution is -1.89. The molecule has 0 saturated heterocycles. The van der Waals surface area contributed by atoms with Crippen molar-refractivity contribution >= 4 is 47.6 Å². The topological polar surface area (TPSA) is 26.3 Å². The van der Waals surface area contributed by atoms with E-state index in [1.54, 1.807) is 0 Å². The second-order valence-corrected chi connectivity index (χ2v) is 17.4. The summed E-state index contributed by atoms with van der Waals surface area (Å²) in [6.45, 7) is 2.35. The lowest BCUT2D eigenvalue weighted by atomic mass is 10.9. The van der Waals surface area contributed by atoms with E-state index >= 15 is 0 Å². The molecule has 0 aromatic rings. The number of rotatable bonds is 2. The molecule has 0 saturated carbocycles. The standard InChI is InChI=1S/C3H5BrI2O2/c1-2-8-3(7)5-6-4/h2H2,1H3. The molecule has 0 fully saturated rings. The van der Waals surface area contributed by atoms with Crippen molar-refractivity contribution in [3.63, 3.8) is 0 Å². The number of ether oxygens (including phenoxy) is 1. The number of hydrogen-bond donors (Lipinski definition) is 0. The molecule has 0 amide bonds. The van der Waals surface area contributed by atoms with Crippen LogP contribution in [0.5, 0.6) is 0 Å². The van der Waals surface area contributed by atoms with E-state index in [1.165, 1.54) is 0 Å². The Labute approximate surface area is 69.8 Å². The molecule has 2 nitrogen and oxygen atoms in total. The first kappa shape index (κ1) is 9.41. The van der Waals surface area contributed by atoms with Crippen LogP contribution < -0.4 is 0 Å². The highest BCUT2D eigenvalue weighted by Gasteiger charge is 1.91. The van der Waals surface area contributed by atoms with E-state index in [0.717, 1.165) is 0 Å². The van der Waals surface area contributed by atoms with Gasteiger partial charge in [-0.05, 0) is 19.6 Å². The van der Waals surface area contributed by atoms with Crippen molar-refractivity contribution in [3.8, 4) is 0 Å². The summed E-state index contributed by atoms with van der Waals surface area (Å²) in [5, 5.41) is 0. The van der Waals surface area contributed by atoms with Gasteiger partial charge < -0.3 is 4.74 Å². The summed E-state index contributed by atoms with van der Waals surface area (Å²) in [6.07, 6.45) is 0. The van der Waals surface area contributed by atoms with Gasteiger partial charge in [0, 0.05) is 14.4 Å². The van der Waals surface area contributed by atoms with Gasteiger partial charge in [-0.3, -0.25) is 0 Å². The Bertz CT molecular complexity index is 103. The van der Waals surface area contributed by atoms with Crippen LogP contribution >= 0.6 is 43.7 Å². The lowest BCUT2D eigenvalue weighted by Gasteiger charge is -1.90. The smallest absolute Gasteiger partial charge is 0.367 e. The minimum atomic E-state index is -0.276. The molecule has 0 N–H and O–H groups in total. The van der Waals surface area contributed by atoms with Crippen LogP contribution in [-0.2, 0) is 4.74 Å². The summed E-state index contributed by atoms with van der Waals surface area (Å²) in [7, 11) is 0. The zero-order valence-electron chi connectivity index (χ0n) is 4.16. The zero-order chi connectivity index (χ0) is 6.41. The highest BCUT2D eigenvalue weighted by Crippen LogP contribution is 2.25. The number of halogens is 3. The van der Waals surface area contributed by atoms with Crippen molar-refractivity contribution in [2.75, 3.05) is 6.61 Å². The maximum atomic E-state index is 10.5. The molecular weight excluding hydrogens is 402 g/mol. The highest BCUT2D eigenvalue weighted by molar-refractivity contribution is 14.9. The molecule has 0 radical (unpaired) electrons. The summed E-state index contributed by atoms with van der Waals surface area (Å²) < 4.78 is 4.71. The molecule has 0 unspecified atom stereocenters. The van der Waals surface area contributed by atoms with Crippen LogP contribution in [0.25, 0.3) is 0 Å². The lowest BCUT2D eigenvalue weighted by molar-refractivity contribution is 0.185. The number of carbonyl (C=O) groups excluding carboxylic acids is 1. The summed E-state index contributed by atoms with van der Waals surface area (Å²) in [5.74, 6) is 0. The van der Waals surface area contributed by atoms with Crippen LogP contribution in [-0.4, -0.2) is 10.6 Å². The molecule has 0 spiro atoms. The normalized spacial score (nSPS) is 11.8. The van der Waals surface area contributed by atoms with Crippen LogP contribution in [0.4, 0.5) is 4.79 Å². The Morgan fingerprint density at radius 2 is 2.50 bits per heavy atom. The van der Waals surface area contributed by atoms with E-state index in [2.05, 4.69) is 17.4 Å². The van der Waals surface area contributed by atoms with E-state index in [1.807, 2.05) is 6.92 Å². The van der Waals surface area contributed by atoms with Crippen molar-refractivity contribution < 1.29 is 9.53 Å². The average Bonchev–Trinajstić information content (AvgIpc) is 1.68. The average molecular weight is 407 g/mol. The molecule has 0 aliphatic heterocycles. The Balaban J connectivity index is 3.33. The Morgan fingerprint density at radius 1 is 1.88 bits per heavy atom. The van der Waals surface area contributed by atoms with Gasteiger partial charge in [-0.1, -0.05) is 0 Å². The van der Waals surface area contributed by atoms with E-state index < -0.39 is 0 Å². The fourth-order valence-corrected chi connectivity index (χ4v) is 6.51. The summed E-state index contributed by atoms with van der Waals surface area (Å²) >= 11 is 3.00. The van der Waals surface area contributed by atoms with Crippen LogP contribution in [0.2, 0.25) is 0 Å². The molecular formula is C3H5BrI2O2. The number of hydrogen-bond acceptors (Lipinski definition) is 2. The summed E-state index contributed by atoms with van der Waals surface area (Å²) in [4.78, 5) is 10.5. The molecule has 5 heteroatoms. The van der Waals surface area contributed by atoms with Gasteiger partial charge >= 0.3 is 3.98 Å². The molecule has 8 heavy (non-hydrogen) atoms. The van der Waals surface area contributed by atoms with Gasteiger partial charge in [0.2, 0.25) is 0 Å². The Hall–Kier alpha value is 1.41. The number of carbonyl (C=O) groups is 1. The molecule has 0 rings (SSSR count). The van der Waals surface area contributed by atoms with E-state index in [-0.39, 0.29) is 34.9 Å². The van der Waals surface area contributed by atoms with Crippen molar-refractivity contribution in [1.29, 1.82) is 0 Å². The molecule has 0 aliphatic rings. The zero-order valence-corrected chi connectivity index (χ0v) is 10.1. The van der Waals surface area contributed by atoms with Crippen LogP contribution in [0.15, 0.2) is 0 Å². The third-order valence-electron chi connectivity index (χ3n) is 0.343. The fraction of sp³-hybridized carbons (Fsp3) is 0.667. The maximum Gasteiger partial charge on any atom is 0.367 e. The van der Waals surface area contributed by atoms with Gasteiger partial charge in [0.1, 0.15) is 0 Å². The van der Waals surface area contributed by atoms with Gasteiger partial charge in [0.25, 0.3) is 0 Å². The van der Waals surface area contributed by atoms with E-state index in [0.29, 0.717) is 6.61 Å². The van der Waals surface area contributed by atoms with Crippen molar-refractivity contribution in [1.82, 2.24) is 0 Å². The maximum absolute atomic E-state index is 10.5. The monoisotopic (exact) mass is 406 g/mol. The molecule has 0 aromatic heterocycles. The van der Waals surface area contributed by atoms with Gasteiger partial charge in [-0.25, -0.2) is 4.79 Å². The Morgan fingerprint density at radius 3 is 2.88 bits per heavy atom. The van der Waals surface area contributed by atoms with Crippen LogP contribution in [0.3, 0.4) is 0 Å². The predicted octanol–water partition coefficient (Wildman–Crippen LogP) is 3.31.